The molecule has 3 rings (SSSR count). The highest BCUT2D eigenvalue weighted by Crippen LogP contribution is 2.13. The molecule has 0 heterocycles. The number of hydrogen-bond donors (Lipinski definition) is 2. The second-order valence-corrected chi connectivity index (χ2v) is 7.51. The van der Waals surface area contributed by atoms with Gasteiger partial charge in [0.25, 0.3) is 11.8 Å². The van der Waals surface area contributed by atoms with Crippen molar-refractivity contribution in [2.24, 2.45) is 0 Å². The van der Waals surface area contributed by atoms with Crippen molar-refractivity contribution >= 4 is 24.4 Å². The van der Waals surface area contributed by atoms with Gasteiger partial charge in [0.15, 0.2) is 0 Å². The van der Waals surface area contributed by atoms with Gasteiger partial charge in [-0.2, -0.15) is 0 Å². The van der Waals surface area contributed by atoms with Gasteiger partial charge in [0.2, 0.25) is 0 Å². The van der Waals surface area contributed by atoms with Crippen molar-refractivity contribution in [3.05, 3.63) is 107 Å². The summed E-state index contributed by atoms with van der Waals surface area (Å²) in [5.74, 6) is -2.26. The summed E-state index contributed by atoms with van der Waals surface area (Å²) in [6.45, 7) is 0. The van der Waals surface area contributed by atoms with Gasteiger partial charge in [-0.1, -0.05) is 60.7 Å². The number of nitrogens with one attached hydrogen (secondary N) is 2. The van der Waals surface area contributed by atoms with Crippen LogP contribution in [0.1, 0.15) is 31.8 Å². The Morgan fingerprint density at radius 3 is 1.70 bits per heavy atom. The zero-order chi connectivity index (χ0) is 23.6. The monoisotopic (exact) mass is 446 g/mol. The van der Waals surface area contributed by atoms with Gasteiger partial charge >= 0.3 is 0 Å². The maximum atomic E-state index is 14.3. The van der Waals surface area contributed by atoms with Crippen LogP contribution in [0.2, 0.25) is 0 Å². The molecule has 6 nitrogen and oxygen atoms in total. The molecule has 3 aromatic rings. The molecule has 0 aliphatic carbocycles. The Morgan fingerprint density at radius 1 is 0.727 bits per heavy atom. The second kappa shape index (κ2) is 11.5. The lowest BCUT2D eigenvalue weighted by Crippen LogP contribution is -2.39. The van der Waals surface area contributed by atoms with Crippen LogP contribution in [0.4, 0.5) is 4.39 Å². The first-order valence-corrected chi connectivity index (χ1v) is 10.4. The molecule has 0 aromatic heterocycles. The first-order valence-electron chi connectivity index (χ1n) is 10.4. The van der Waals surface area contributed by atoms with Gasteiger partial charge in [-0.25, -0.2) is 4.39 Å². The summed E-state index contributed by atoms with van der Waals surface area (Å²) in [5, 5.41) is 5.07. The summed E-state index contributed by atoms with van der Waals surface area (Å²) < 4.78 is 14.3. The van der Waals surface area contributed by atoms with E-state index in [2.05, 4.69) is 10.6 Å². The third kappa shape index (κ3) is 6.67. The Kier molecular flexibility index (Phi) is 8.18. The molecule has 2 atom stereocenters. The van der Waals surface area contributed by atoms with Crippen molar-refractivity contribution < 1.29 is 23.6 Å². The van der Waals surface area contributed by atoms with Crippen LogP contribution < -0.4 is 10.6 Å². The van der Waals surface area contributed by atoms with Gasteiger partial charge in [0.05, 0.1) is 17.6 Å². The molecule has 1 unspecified atom stereocenters. The smallest absolute Gasteiger partial charge is 0.254 e. The largest absolute Gasteiger partial charge is 0.342 e. The van der Waals surface area contributed by atoms with Crippen molar-refractivity contribution in [2.45, 2.75) is 24.9 Å². The summed E-state index contributed by atoms with van der Waals surface area (Å²) in [7, 11) is 0. The minimum atomic E-state index is -0.859. The molecular formula is C26H23FN2O4. The molecule has 0 bridgehead atoms. The lowest BCUT2D eigenvalue weighted by atomic mass is 10.0. The highest BCUT2D eigenvalue weighted by atomic mass is 19.1. The second-order valence-electron chi connectivity index (χ2n) is 7.51. The Bertz CT molecular complexity index is 1120. The minimum Gasteiger partial charge on any atom is -0.342 e. The predicted octanol–water partition coefficient (Wildman–Crippen LogP) is 2.91. The first-order chi connectivity index (χ1) is 16.0. The number of aldehydes is 2. The van der Waals surface area contributed by atoms with Crippen molar-refractivity contribution in [3.63, 3.8) is 0 Å². The van der Waals surface area contributed by atoms with Crippen LogP contribution >= 0.6 is 0 Å². The lowest BCUT2D eigenvalue weighted by Gasteiger charge is -2.15. The molecule has 7 heteroatoms. The molecule has 168 valence electrons. The standard InChI is InChI=1S/C26H23FN2O4/c27-24-12-11-20(25(32)28-21(16-30)13-18-7-3-1-4-8-18)15-23(24)26(33)29-22(17-31)14-19-9-5-2-6-10-19/h1-12,15-17,21-22H,13-14H2,(H,28,32)(H,29,33)/t21-,22?/m0/s1. The van der Waals surface area contributed by atoms with Crippen molar-refractivity contribution in [1.82, 2.24) is 10.6 Å². The Morgan fingerprint density at radius 2 is 1.21 bits per heavy atom. The van der Waals surface area contributed by atoms with Crippen molar-refractivity contribution in [3.8, 4) is 0 Å². The van der Waals surface area contributed by atoms with E-state index in [4.69, 9.17) is 0 Å². The third-order valence-electron chi connectivity index (χ3n) is 5.03. The Balaban J connectivity index is 1.69. The number of benzene rings is 3. The van der Waals surface area contributed by atoms with Crippen LogP contribution in [0.15, 0.2) is 78.9 Å². The number of rotatable bonds is 10. The first kappa shape index (κ1) is 23.5. The predicted molar refractivity (Wildman–Crippen MR) is 121 cm³/mol. The molecular weight excluding hydrogens is 423 g/mol. The number of hydrogen-bond acceptors (Lipinski definition) is 4. The van der Waals surface area contributed by atoms with E-state index in [1.54, 1.807) is 0 Å². The van der Waals surface area contributed by atoms with E-state index in [0.29, 0.717) is 19.0 Å². The summed E-state index contributed by atoms with van der Waals surface area (Å²) >= 11 is 0. The normalized spacial score (nSPS) is 12.3. The number of carbonyl (C=O) groups is 4. The van der Waals surface area contributed by atoms with Crippen LogP contribution in [-0.2, 0) is 22.4 Å². The molecule has 0 radical (unpaired) electrons. The average Bonchev–Trinajstić information content (AvgIpc) is 2.84. The van der Waals surface area contributed by atoms with Crippen molar-refractivity contribution in [2.75, 3.05) is 0 Å². The lowest BCUT2D eigenvalue weighted by molar-refractivity contribution is -0.110. The van der Waals surface area contributed by atoms with E-state index in [0.717, 1.165) is 23.3 Å². The van der Waals surface area contributed by atoms with Gasteiger partial charge in [0, 0.05) is 5.56 Å². The van der Waals surface area contributed by atoms with E-state index in [1.807, 2.05) is 60.7 Å². The summed E-state index contributed by atoms with van der Waals surface area (Å²) in [6.07, 6.45) is 1.75. The molecule has 2 amide bonds. The van der Waals surface area contributed by atoms with Gasteiger partial charge in [-0.05, 0) is 42.2 Å². The molecule has 2 N–H and O–H groups in total. The van der Waals surface area contributed by atoms with Gasteiger partial charge in [0.1, 0.15) is 18.4 Å². The van der Waals surface area contributed by atoms with Crippen LogP contribution in [0.25, 0.3) is 0 Å². The molecule has 3 aromatic carbocycles. The molecule has 33 heavy (non-hydrogen) atoms. The average molecular weight is 446 g/mol. The fourth-order valence-corrected chi connectivity index (χ4v) is 3.34. The van der Waals surface area contributed by atoms with Gasteiger partial charge in [-0.3, -0.25) is 9.59 Å². The minimum absolute atomic E-state index is 0.0205. The van der Waals surface area contributed by atoms with E-state index < -0.39 is 29.7 Å². The molecule has 0 saturated carbocycles. The highest BCUT2D eigenvalue weighted by Gasteiger charge is 2.20. The fraction of sp³-hybridized carbons (Fsp3) is 0.154. The highest BCUT2D eigenvalue weighted by molar-refractivity contribution is 6.01. The number of halogens is 1. The molecule has 0 spiro atoms. The third-order valence-corrected chi connectivity index (χ3v) is 5.03. The molecule has 0 fully saturated rings. The maximum absolute atomic E-state index is 14.3. The zero-order valence-corrected chi connectivity index (χ0v) is 17.7. The van der Waals surface area contributed by atoms with Gasteiger partial charge < -0.3 is 20.2 Å². The SMILES string of the molecule is O=CC(Cc1ccccc1)NC(=O)c1cc(C(=O)N[C@H](C=O)Cc2ccccc2)ccc1F. The van der Waals surface area contributed by atoms with Gasteiger partial charge in [-0.15, -0.1) is 0 Å². The molecule has 0 aliphatic rings. The summed E-state index contributed by atoms with van der Waals surface area (Å²) in [5.41, 5.74) is 1.36. The number of amides is 2. The maximum Gasteiger partial charge on any atom is 0.254 e. The van der Waals surface area contributed by atoms with Crippen LogP contribution in [0.5, 0.6) is 0 Å². The number of carbonyl (C=O) groups excluding carboxylic acids is 4. The Labute approximate surface area is 190 Å². The van der Waals surface area contributed by atoms with Crippen LogP contribution in [0.3, 0.4) is 0 Å². The summed E-state index contributed by atoms with van der Waals surface area (Å²) in [6, 6.07) is 19.9. The van der Waals surface area contributed by atoms with E-state index in [-0.39, 0.29) is 17.5 Å². The van der Waals surface area contributed by atoms with Crippen LogP contribution in [-0.4, -0.2) is 36.5 Å². The summed E-state index contributed by atoms with van der Waals surface area (Å²) in [4.78, 5) is 48.1. The molecule has 0 aliphatic heterocycles. The van der Waals surface area contributed by atoms with E-state index >= 15 is 0 Å². The van der Waals surface area contributed by atoms with E-state index in [1.165, 1.54) is 6.07 Å². The quantitative estimate of drug-likeness (QED) is 0.469. The molecule has 0 saturated heterocycles. The fourth-order valence-electron chi connectivity index (χ4n) is 3.34. The Hall–Kier alpha value is -4.13. The van der Waals surface area contributed by atoms with Crippen LogP contribution in [0, 0.1) is 5.82 Å². The zero-order valence-electron chi connectivity index (χ0n) is 17.7. The van der Waals surface area contributed by atoms with E-state index in [9.17, 15) is 23.6 Å². The topological polar surface area (TPSA) is 92.3 Å². The van der Waals surface area contributed by atoms with Crippen molar-refractivity contribution in [1.29, 1.82) is 0 Å².